The highest BCUT2D eigenvalue weighted by Gasteiger charge is 2.29. The van der Waals surface area contributed by atoms with Gasteiger partial charge in [0.05, 0.1) is 18.8 Å². The highest BCUT2D eigenvalue weighted by molar-refractivity contribution is 7.47. The minimum absolute atomic E-state index is 0.375. The summed E-state index contributed by atoms with van der Waals surface area (Å²) in [6.07, 6.45) is 0. The maximum absolute atomic E-state index is 11.3. The third kappa shape index (κ3) is 9.88. The maximum atomic E-state index is 11.3. The van der Waals surface area contributed by atoms with Crippen molar-refractivity contribution in [1.82, 2.24) is 0 Å². The summed E-state index contributed by atoms with van der Waals surface area (Å²) < 4.78 is 39.9. The average molecular weight is 292 g/mol. The molecule has 104 valence electrons. The second-order valence-corrected chi connectivity index (χ2v) is 6.93. The molecule has 0 radical (unpaired) electrons. The van der Waals surface area contributed by atoms with E-state index < -0.39 is 21.2 Å². The summed E-state index contributed by atoms with van der Waals surface area (Å²) in [5.74, 6) is 0. The van der Waals surface area contributed by atoms with Crippen molar-refractivity contribution in [2.45, 2.75) is 26.4 Å². The summed E-state index contributed by atoms with van der Waals surface area (Å²) in [5, 5.41) is 0. The van der Waals surface area contributed by atoms with E-state index in [4.69, 9.17) is 9.42 Å². The van der Waals surface area contributed by atoms with Crippen LogP contribution in [-0.2, 0) is 27.2 Å². The normalized spacial score (nSPS) is 19.6. The van der Waals surface area contributed by atoms with Crippen LogP contribution in [0.15, 0.2) is 0 Å². The Morgan fingerprint density at radius 2 is 1.41 bits per heavy atom. The molecule has 10 heteroatoms. The summed E-state index contributed by atoms with van der Waals surface area (Å²) in [7, 11) is -7.28. The monoisotopic (exact) mass is 292 g/mol. The lowest BCUT2D eigenvalue weighted by Gasteiger charge is -2.22. The molecule has 0 fully saturated rings. The average Bonchev–Trinajstić information content (AvgIpc) is 2.09. The van der Waals surface area contributed by atoms with Gasteiger partial charge in [-0.15, -0.1) is 0 Å². The molecule has 17 heavy (non-hydrogen) atoms. The van der Waals surface area contributed by atoms with E-state index in [9.17, 15) is 14.0 Å². The van der Waals surface area contributed by atoms with Gasteiger partial charge in [0.15, 0.2) is 0 Å². The van der Waals surface area contributed by atoms with Crippen LogP contribution >= 0.6 is 15.6 Å². The first-order valence-electron chi connectivity index (χ1n) is 4.69. The van der Waals surface area contributed by atoms with Gasteiger partial charge in [-0.25, -0.2) is 9.13 Å². The molecule has 0 aromatic rings. The van der Waals surface area contributed by atoms with Crippen molar-refractivity contribution < 1.29 is 37.0 Å². The van der Waals surface area contributed by atoms with E-state index in [-0.39, 0.29) is 13.2 Å². The minimum Gasteiger partial charge on any atom is -0.303 e. The molecule has 2 unspecified atom stereocenters. The molecule has 8 nitrogen and oxygen atoms in total. The van der Waals surface area contributed by atoms with Crippen LogP contribution in [0.25, 0.3) is 0 Å². The molecule has 2 N–H and O–H groups in total. The van der Waals surface area contributed by atoms with Gasteiger partial charge < -0.3 is 9.79 Å². The molecular weight excluding hydrogens is 274 g/mol. The van der Waals surface area contributed by atoms with Gasteiger partial charge in [0.2, 0.25) is 0 Å². The van der Waals surface area contributed by atoms with Crippen LogP contribution in [0, 0.1) is 0 Å². The first-order valence-corrected chi connectivity index (χ1v) is 7.68. The standard InChI is InChI=1S/C7H18O8P2/c1-7(2,3)15-17(10,11)14-6-5-13-16(8,9)12-4/h5-6H2,1-4H3,(H,8,9)(H,10,11). The molecule has 0 aliphatic heterocycles. The van der Waals surface area contributed by atoms with Gasteiger partial charge in [-0.05, 0) is 20.8 Å². The molecule has 0 amide bonds. The van der Waals surface area contributed by atoms with Gasteiger partial charge in [0, 0.05) is 7.11 Å². The predicted octanol–water partition coefficient (Wildman–Crippen LogP) is 1.68. The Bertz CT molecular complexity index is 322. The fourth-order valence-electron chi connectivity index (χ4n) is 0.730. The summed E-state index contributed by atoms with van der Waals surface area (Å²) in [6.45, 7) is 4.01. The molecule has 0 aromatic heterocycles. The van der Waals surface area contributed by atoms with E-state index in [0.717, 1.165) is 7.11 Å². The first kappa shape index (κ1) is 17.2. The Morgan fingerprint density at radius 1 is 1.00 bits per heavy atom. The molecule has 0 aliphatic rings. The fraction of sp³-hybridized carbons (Fsp3) is 1.00. The van der Waals surface area contributed by atoms with Gasteiger partial charge in [0.25, 0.3) is 0 Å². The zero-order valence-corrected chi connectivity index (χ0v) is 11.9. The number of rotatable bonds is 7. The van der Waals surface area contributed by atoms with Crippen LogP contribution in [0.5, 0.6) is 0 Å². The van der Waals surface area contributed by atoms with Crippen molar-refractivity contribution in [2.24, 2.45) is 0 Å². The Balaban J connectivity index is 3.97. The molecule has 0 bridgehead atoms. The third-order valence-electron chi connectivity index (χ3n) is 1.21. The van der Waals surface area contributed by atoms with E-state index >= 15 is 0 Å². The topological polar surface area (TPSA) is 112 Å². The maximum Gasteiger partial charge on any atom is 0.472 e. The molecule has 0 spiro atoms. The quantitative estimate of drug-likeness (QED) is 0.538. The number of hydrogen-bond donors (Lipinski definition) is 2. The zero-order chi connectivity index (χ0) is 13.7. The van der Waals surface area contributed by atoms with Gasteiger partial charge in [-0.3, -0.25) is 18.1 Å². The van der Waals surface area contributed by atoms with Gasteiger partial charge in [-0.2, -0.15) is 0 Å². The lowest BCUT2D eigenvalue weighted by Crippen LogP contribution is -2.18. The van der Waals surface area contributed by atoms with Crippen molar-refractivity contribution in [3.05, 3.63) is 0 Å². The van der Waals surface area contributed by atoms with E-state index in [2.05, 4.69) is 13.6 Å². The van der Waals surface area contributed by atoms with E-state index in [1.54, 1.807) is 20.8 Å². The largest absolute Gasteiger partial charge is 0.472 e. The second kappa shape index (κ2) is 6.41. The van der Waals surface area contributed by atoms with Crippen molar-refractivity contribution >= 4 is 15.6 Å². The molecule has 0 aromatic carbocycles. The molecule has 0 saturated heterocycles. The van der Waals surface area contributed by atoms with Crippen molar-refractivity contribution in [1.29, 1.82) is 0 Å². The van der Waals surface area contributed by atoms with Crippen molar-refractivity contribution in [3.63, 3.8) is 0 Å². The lowest BCUT2D eigenvalue weighted by atomic mass is 10.2. The molecule has 0 rings (SSSR count). The second-order valence-electron chi connectivity index (χ2n) is 3.99. The molecular formula is C7H18O8P2. The van der Waals surface area contributed by atoms with Crippen molar-refractivity contribution in [2.75, 3.05) is 20.3 Å². The van der Waals surface area contributed by atoms with Crippen molar-refractivity contribution in [3.8, 4) is 0 Å². The minimum atomic E-state index is -4.20. The molecule has 0 heterocycles. The Kier molecular flexibility index (Phi) is 6.49. The van der Waals surface area contributed by atoms with Crippen LogP contribution in [0.4, 0.5) is 0 Å². The number of hydrogen-bond acceptors (Lipinski definition) is 6. The summed E-state index contributed by atoms with van der Waals surface area (Å²) in [5.41, 5.74) is -0.843. The number of phosphoric acid groups is 2. The van der Waals surface area contributed by atoms with Gasteiger partial charge in [-0.1, -0.05) is 0 Å². The molecule has 0 aliphatic carbocycles. The van der Waals surface area contributed by atoms with Crippen LogP contribution in [0.3, 0.4) is 0 Å². The van der Waals surface area contributed by atoms with Crippen LogP contribution in [0.2, 0.25) is 0 Å². The van der Waals surface area contributed by atoms with Gasteiger partial charge >= 0.3 is 15.6 Å². The molecule has 0 saturated carbocycles. The molecule has 2 atom stereocenters. The summed E-state index contributed by atoms with van der Waals surface area (Å²) in [6, 6.07) is 0. The van der Waals surface area contributed by atoms with Crippen LogP contribution in [0.1, 0.15) is 20.8 Å². The van der Waals surface area contributed by atoms with E-state index in [0.29, 0.717) is 0 Å². The SMILES string of the molecule is COP(=O)(O)OCCOP(=O)(O)OC(C)(C)C. The third-order valence-corrected chi connectivity index (χ3v) is 3.47. The zero-order valence-electron chi connectivity index (χ0n) is 10.2. The highest BCUT2D eigenvalue weighted by Crippen LogP contribution is 2.47. The highest BCUT2D eigenvalue weighted by atomic mass is 31.2. The van der Waals surface area contributed by atoms with Gasteiger partial charge in [0.1, 0.15) is 0 Å². The Morgan fingerprint density at radius 3 is 1.76 bits per heavy atom. The van der Waals surface area contributed by atoms with Crippen LogP contribution < -0.4 is 0 Å². The van der Waals surface area contributed by atoms with E-state index in [1.165, 1.54) is 0 Å². The summed E-state index contributed by atoms with van der Waals surface area (Å²) >= 11 is 0. The van der Waals surface area contributed by atoms with Crippen LogP contribution in [-0.4, -0.2) is 35.7 Å². The fourth-order valence-corrected chi connectivity index (χ4v) is 2.19. The number of phosphoric ester groups is 2. The van der Waals surface area contributed by atoms with E-state index in [1.807, 2.05) is 0 Å². The summed E-state index contributed by atoms with van der Waals surface area (Å²) in [4.78, 5) is 18.1. The lowest BCUT2D eigenvalue weighted by molar-refractivity contribution is 0.0523. The smallest absolute Gasteiger partial charge is 0.303 e. The predicted molar refractivity (Wildman–Crippen MR) is 59.4 cm³/mol. The Labute approximate surface area is 100 Å². The first-order chi connectivity index (χ1) is 7.47. The Hall–Kier alpha value is 0.220.